The van der Waals surface area contributed by atoms with E-state index < -0.39 is 6.10 Å². The van der Waals surface area contributed by atoms with Gasteiger partial charge in [-0.15, -0.1) is 0 Å². The molecule has 0 aromatic heterocycles. The van der Waals surface area contributed by atoms with E-state index in [1.165, 1.54) is 205 Å². The maximum absolute atomic E-state index is 12.9. The second kappa shape index (κ2) is 63.4. The van der Waals surface area contributed by atoms with Gasteiger partial charge in [-0.1, -0.05) is 325 Å². The van der Waals surface area contributed by atoms with Crippen LogP contribution in [0.15, 0.2) is 72.9 Å². The van der Waals surface area contributed by atoms with Crippen molar-refractivity contribution >= 4 is 17.9 Å². The van der Waals surface area contributed by atoms with Gasteiger partial charge >= 0.3 is 17.9 Å². The van der Waals surface area contributed by atoms with Crippen molar-refractivity contribution in [3.63, 3.8) is 0 Å². The molecular formula is C69H122O6. The molecule has 0 aromatic rings. The fraction of sp³-hybridized carbons (Fsp3) is 0.783. The summed E-state index contributed by atoms with van der Waals surface area (Å²) < 4.78 is 16.9. The van der Waals surface area contributed by atoms with Crippen LogP contribution in [0.5, 0.6) is 0 Å². The Morgan fingerprint density at radius 2 is 0.520 bits per heavy atom. The van der Waals surface area contributed by atoms with Crippen LogP contribution in [0, 0.1) is 0 Å². The van der Waals surface area contributed by atoms with E-state index >= 15 is 0 Å². The normalized spacial score (nSPS) is 12.5. The molecule has 0 amide bonds. The Labute approximate surface area is 465 Å². The van der Waals surface area contributed by atoms with Crippen molar-refractivity contribution in [1.82, 2.24) is 0 Å². The van der Waals surface area contributed by atoms with Crippen molar-refractivity contribution < 1.29 is 28.6 Å². The fourth-order valence-corrected chi connectivity index (χ4v) is 9.41. The zero-order valence-corrected chi connectivity index (χ0v) is 49.8. The molecule has 75 heavy (non-hydrogen) atoms. The highest BCUT2D eigenvalue weighted by atomic mass is 16.6. The average molecular weight is 1050 g/mol. The largest absolute Gasteiger partial charge is 0.462 e. The molecule has 0 aliphatic heterocycles. The number of carbonyl (C=O) groups excluding carboxylic acids is 3. The first-order chi connectivity index (χ1) is 37.0. The molecule has 6 nitrogen and oxygen atoms in total. The summed E-state index contributed by atoms with van der Waals surface area (Å²) in [5, 5.41) is 0. The Kier molecular flexibility index (Phi) is 60.7. The van der Waals surface area contributed by atoms with Gasteiger partial charge in [0.15, 0.2) is 6.10 Å². The van der Waals surface area contributed by atoms with Crippen LogP contribution in [-0.4, -0.2) is 37.2 Å². The second-order valence-corrected chi connectivity index (χ2v) is 21.7. The zero-order valence-electron chi connectivity index (χ0n) is 49.8. The minimum atomic E-state index is -0.814. The van der Waals surface area contributed by atoms with Gasteiger partial charge in [-0.2, -0.15) is 0 Å². The number of esters is 3. The van der Waals surface area contributed by atoms with Crippen LogP contribution < -0.4 is 0 Å². The molecule has 6 heteroatoms. The standard InChI is InChI=1S/C69H122O6/c1-4-7-10-13-16-19-22-25-28-31-34-36-38-41-44-47-50-53-56-59-62-68(71)74-65-66(64-73-67(70)61-58-55-52-49-46-43-40-37-33-30-27-24-21-18-15-12-9-6-3)75-69(72)63-60-57-54-51-48-45-42-39-35-32-29-26-23-20-17-14-11-8-5-2/h8,11,17,20,26,29,35,39,45,48,54,57,66H,4-7,9-10,12-16,18-19,21-25,27-28,30-34,36-38,40-44,46-47,49-53,55-56,58-65H2,1-3H3/b11-8-,20-17-,29-26-,39-35-,48-45-,57-54-. The third kappa shape index (κ3) is 61.6. The minimum Gasteiger partial charge on any atom is -0.462 e. The predicted molar refractivity (Wildman–Crippen MR) is 325 cm³/mol. The van der Waals surface area contributed by atoms with E-state index in [0.717, 1.165) is 77.0 Å². The topological polar surface area (TPSA) is 78.9 Å². The average Bonchev–Trinajstić information content (AvgIpc) is 3.41. The number of unbranched alkanes of at least 4 members (excludes halogenated alkanes) is 36. The molecule has 434 valence electrons. The number of ether oxygens (including phenoxy) is 3. The van der Waals surface area contributed by atoms with E-state index in [-0.39, 0.29) is 37.5 Å². The number of rotatable bonds is 59. The van der Waals surface area contributed by atoms with Crippen molar-refractivity contribution in [1.29, 1.82) is 0 Å². The van der Waals surface area contributed by atoms with Gasteiger partial charge < -0.3 is 14.2 Å². The summed E-state index contributed by atoms with van der Waals surface area (Å²) in [5.74, 6) is -0.966. The lowest BCUT2D eigenvalue weighted by Crippen LogP contribution is -2.30. The molecule has 0 aliphatic carbocycles. The van der Waals surface area contributed by atoms with Gasteiger partial charge in [0.05, 0.1) is 0 Å². The lowest BCUT2D eigenvalue weighted by molar-refractivity contribution is -0.166. The van der Waals surface area contributed by atoms with Crippen LogP contribution in [0.3, 0.4) is 0 Å². The van der Waals surface area contributed by atoms with Gasteiger partial charge in [-0.05, 0) is 57.8 Å². The molecule has 0 aliphatic rings. The summed E-state index contributed by atoms with van der Waals surface area (Å²) in [6.07, 6.45) is 82.1. The molecular weight excluding hydrogens is 925 g/mol. The van der Waals surface area contributed by atoms with E-state index in [2.05, 4.69) is 87.6 Å². The third-order valence-electron chi connectivity index (χ3n) is 14.2. The van der Waals surface area contributed by atoms with Crippen LogP contribution in [0.2, 0.25) is 0 Å². The lowest BCUT2D eigenvalue weighted by atomic mass is 10.0. The lowest BCUT2D eigenvalue weighted by Gasteiger charge is -2.18. The van der Waals surface area contributed by atoms with E-state index in [1.807, 2.05) is 6.08 Å². The maximum atomic E-state index is 12.9. The summed E-state index contributed by atoms with van der Waals surface area (Å²) in [5.41, 5.74) is 0. The number of allylic oxidation sites excluding steroid dienone is 12. The molecule has 0 heterocycles. The van der Waals surface area contributed by atoms with Gasteiger partial charge in [0.2, 0.25) is 0 Å². The summed E-state index contributed by atoms with van der Waals surface area (Å²) in [4.78, 5) is 38.3. The Bertz CT molecular complexity index is 1390. The van der Waals surface area contributed by atoms with Gasteiger partial charge in [0, 0.05) is 19.3 Å². The highest BCUT2D eigenvalue weighted by molar-refractivity contribution is 5.71. The van der Waals surface area contributed by atoms with Crippen molar-refractivity contribution in [2.24, 2.45) is 0 Å². The Hall–Kier alpha value is -3.15. The van der Waals surface area contributed by atoms with Crippen molar-refractivity contribution in [2.75, 3.05) is 13.2 Å². The Morgan fingerprint density at radius 3 is 0.787 bits per heavy atom. The summed E-state index contributed by atoms with van der Waals surface area (Å²) in [6.45, 7) is 6.52. The summed E-state index contributed by atoms with van der Waals surface area (Å²) >= 11 is 0. The van der Waals surface area contributed by atoms with Gasteiger partial charge in [0.1, 0.15) is 13.2 Å². The van der Waals surface area contributed by atoms with Crippen LogP contribution >= 0.6 is 0 Å². The summed E-state index contributed by atoms with van der Waals surface area (Å²) in [6, 6.07) is 0. The zero-order chi connectivity index (χ0) is 54.3. The molecule has 0 radical (unpaired) electrons. The van der Waals surface area contributed by atoms with E-state index in [1.54, 1.807) is 0 Å². The number of carbonyl (C=O) groups is 3. The highest BCUT2D eigenvalue weighted by Gasteiger charge is 2.19. The second-order valence-electron chi connectivity index (χ2n) is 21.7. The Balaban J connectivity index is 4.43. The molecule has 1 atom stereocenters. The van der Waals surface area contributed by atoms with E-state index in [4.69, 9.17) is 14.2 Å². The number of hydrogen-bond acceptors (Lipinski definition) is 6. The predicted octanol–water partition coefficient (Wildman–Crippen LogP) is 22.1. The number of hydrogen-bond donors (Lipinski definition) is 0. The molecule has 1 unspecified atom stereocenters. The van der Waals surface area contributed by atoms with Crippen LogP contribution in [0.4, 0.5) is 0 Å². The smallest absolute Gasteiger partial charge is 0.306 e. The van der Waals surface area contributed by atoms with Gasteiger partial charge in [-0.25, -0.2) is 0 Å². The SMILES string of the molecule is CC/C=C\C/C=C\C/C=C\C/C=C\C/C=C\C/C=C\CCC(=O)OC(COC(=O)CCCCCCCCCCCCCCCCCCCC)COC(=O)CCCCCCCCCCCCCCCCCCCCCC. The highest BCUT2D eigenvalue weighted by Crippen LogP contribution is 2.18. The van der Waals surface area contributed by atoms with E-state index in [0.29, 0.717) is 19.3 Å². The molecule has 0 rings (SSSR count). The molecule has 0 fully saturated rings. The van der Waals surface area contributed by atoms with Crippen LogP contribution in [0.1, 0.15) is 329 Å². The fourth-order valence-electron chi connectivity index (χ4n) is 9.41. The first kappa shape index (κ1) is 71.8. The van der Waals surface area contributed by atoms with Crippen LogP contribution in [-0.2, 0) is 28.6 Å². The monoisotopic (exact) mass is 1050 g/mol. The first-order valence-electron chi connectivity index (χ1n) is 32.4. The Morgan fingerprint density at radius 1 is 0.280 bits per heavy atom. The molecule has 0 aromatic carbocycles. The van der Waals surface area contributed by atoms with E-state index in [9.17, 15) is 14.4 Å². The minimum absolute atomic E-state index is 0.101. The quantitative estimate of drug-likeness (QED) is 0.0261. The first-order valence-corrected chi connectivity index (χ1v) is 32.4. The summed E-state index contributed by atoms with van der Waals surface area (Å²) in [7, 11) is 0. The molecule has 0 saturated heterocycles. The van der Waals surface area contributed by atoms with Gasteiger partial charge in [-0.3, -0.25) is 14.4 Å². The molecule has 0 saturated carbocycles. The van der Waals surface area contributed by atoms with Crippen molar-refractivity contribution in [2.45, 2.75) is 335 Å². The molecule has 0 bridgehead atoms. The maximum Gasteiger partial charge on any atom is 0.306 e. The van der Waals surface area contributed by atoms with Crippen LogP contribution in [0.25, 0.3) is 0 Å². The molecule has 0 spiro atoms. The van der Waals surface area contributed by atoms with Crippen molar-refractivity contribution in [3.8, 4) is 0 Å². The van der Waals surface area contributed by atoms with Gasteiger partial charge in [0.25, 0.3) is 0 Å². The third-order valence-corrected chi connectivity index (χ3v) is 14.2. The molecule has 0 N–H and O–H groups in total. The van der Waals surface area contributed by atoms with Crippen molar-refractivity contribution in [3.05, 3.63) is 72.9 Å².